The molecule has 0 bridgehead atoms. The van der Waals surface area contributed by atoms with E-state index >= 15 is 0 Å². The molecule has 1 N–H and O–H groups in total. The first-order valence-electron chi connectivity index (χ1n) is 10.9. The van der Waals surface area contributed by atoms with Crippen LogP contribution in [0.3, 0.4) is 0 Å². The Labute approximate surface area is 199 Å². The summed E-state index contributed by atoms with van der Waals surface area (Å²) in [7, 11) is 0. The van der Waals surface area contributed by atoms with Crippen molar-refractivity contribution in [1.29, 1.82) is 0 Å². The van der Waals surface area contributed by atoms with Crippen molar-refractivity contribution in [1.82, 2.24) is 4.98 Å². The van der Waals surface area contributed by atoms with Gasteiger partial charge < -0.3 is 14.3 Å². The normalized spacial score (nSPS) is 16.0. The maximum absolute atomic E-state index is 13.3. The molecule has 5 rings (SSSR count). The lowest BCUT2D eigenvalue weighted by molar-refractivity contribution is -0.117. The van der Waals surface area contributed by atoms with Gasteiger partial charge in [0.1, 0.15) is 5.75 Å². The Morgan fingerprint density at radius 3 is 2.71 bits per heavy atom. The third-order valence-electron chi connectivity index (χ3n) is 5.61. The molecule has 8 heteroatoms. The number of amides is 1. The number of carbonyl (C=O) groups excluding carboxylic acids is 2. The molecule has 1 unspecified atom stereocenters. The number of nitrogens with zero attached hydrogens (tertiary/aromatic N) is 2. The minimum Gasteiger partial charge on any atom is -0.503 e. The van der Waals surface area contributed by atoms with Crippen LogP contribution in [-0.4, -0.2) is 28.4 Å². The Hall–Kier alpha value is -3.91. The van der Waals surface area contributed by atoms with Crippen LogP contribution in [0.15, 0.2) is 76.6 Å². The molecule has 34 heavy (non-hydrogen) atoms. The molecule has 172 valence electrons. The first kappa shape index (κ1) is 21.9. The van der Waals surface area contributed by atoms with E-state index in [2.05, 4.69) is 4.98 Å². The van der Waals surface area contributed by atoms with Crippen LogP contribution in [0.25, 0.3) is 10.2 Å². The Bertz CT molecular complexity index is 1400. The van der Waals surface area contributed by atoms with Crippen molar-refractivity contribution in [2.75, 3.05) is 11.5 Å². The molecule has 0 fully saturated rings. The molecule has 2 aromatic heterocycles. The van der Waals surface area contributed by atoms with Crippen molar-refractivity contribution in [3.05, 3.63) is 89.1 Å². The maximum atomic E-state index is 13.3. The number of benzene rings is 2. The zero-order valence-corrected chi connectivity index (χ0v) is 19.5. The second-order valence-electron chi connectivity index (χ2n) is 8.03. The number of hydrogen-bond donors (Lipinski definition) is 1. The number of anilines is 1. The third-order valence-corrected chi connectivity index (χ3v) is 6.62. The summed E-state index contributed by atoms with van der Waals surface area (Å²) in [6.07, 6.45) is 2.26. The van der Waals surface area contributed by atoms with Gasteiger partial charge in [-0.3, -0.25) is 14.5 Å². The zero-order chi connectivity index (χ0) is 23.8. The number of thiazole rings is 1. The molecule has 1 atom stereocenters. The maximum Gasteiger partial charge on any atom is 0.296 e. The number of carbonyl (C=O) groups is 2. The van der Waals surface area contributed by atoms with Gasteiger partial charge in [-0.15, -0.1) is 0 Å². The standard InChI is InChI=1S/C26H22N2O5S/c1-3-12-32-17-9-7-16(8-10-17)22-21(23(29)19-5-4-13-33-19)24(30)25(31)28(22)26-27-18-11-6-15(2)14-20(18)34-26/h4-11,13-14,22,30H,3,12H2,1-2H3. The summed E-state index contributed by atoms with van der Waals surface area (Å²) in [6.45, 7) is 4.59. The van der Waals surface area contributed by atoms with E-state index in [0.717, 1.165) is 22.2 Å². The highest BCUT2D eigenvalue weighted by atomic mass is 32.1. The highest BCUT2D eigenvalue weighted by molar-refractivity contribution is 7.22. The number of aryl methyl sites for hydroxylation is 1. The van der Waals surface area contributed by atoms with Gasteiger partial charge in [-0.25, -0.2) is 4.98 Å². The summed E-state index contributed by atoms with van der Waals surface area (Å²) in [5.41, 5.74) is 2.42. The lowest BCUT2D eigenvalue weighted by atomic mass is 9.95. The smallest absolute Gasteiger partial charge is 0.296 e. The van der Waals surface area contributed by atoms with Gasteiger partial charge in [-0.2, -0.15) is 0 Å². The number of Topliss-reactive ketones (excluding diaryl/α,β-unsaturated/α-hetero) is 1. The predicted octanol–water partition coefficient (Wildman–Crippen LogP) is 5.77. The van der Waals surface area contributed by atoms with Crippen molar-refractivity contribution in [2.45, 2.75) is 26.3 Å². The quantitative estimate of drug-likeness (QED) is 0.342. The van der Waals surface area contributed by atoms with Crippen LogP contribution in [0.4, 0.5) is 5.13 Å². The van der Waals surface area contributed by atoms with Crippen molar-refractivity contribution in [3.63, 3.8) is 0 Å². The molecule has 0 spiro atoms. The minimum atomic E-state index is -0.869. The zero-order valence-electron chi connectivity index (χ0n) is 18.6. The van der Waals surface area contributed by atoms with Gasteiger partial charge in [0.15, 0.2) is 16.7 Å². The van der Waals surface area contributed by atoms with E-state index in [1.807, 2.05) is 32.0 Å². The number of aliphatic hydroxyl groups excluding tert-OH is 1. The van der Waals surface area contributed by atoms with Gasteiger partial charge in [0, 0.05) is 0 Å². The average molecular weight is 475 g/mol. The van der Waals surface area contributed by atoms with Gasteiger partial charge >= 0.3 is 0 Å². The molecule has 1 amide bonds. The SMILES string of the molecule is CCCOc1ccc(C2C(C(=O)c3ccco3)=C(O)C(=O)N2c2nc3ccc(C)cc3s2)cc1. The Morgan fingerprint density at radius 2 is 2.00 bits per heavy atom. The van der Waals surface area contributed by atoms with Crippen molar-refractivity contribution >= 4 is 38.4 Å². The van der Waals surface area contributed by atoms with Gasteiger partial charge in [0.2, 0.25) is 5.78 Å². The van der Waals surface area contributed by atoms with Gasteiger partial charge in [0.25, 0.3) is 5.91 Å². The van der Waals surface area contributed by atoms with Crippen molar-refractivity contribution in [3.8, 4) is 5.75 Å². The van der Waals surface area contributed by atoms with Crippen LogP contribution in [0.2, 0.25) is 0 Å². The second-order valence-corrected chi connectivity index (χ2v) is 9.04. The van der Waals surface area contributed by atoms with Crippen LogP contribution in [-0.2, 0) is 4.79 Å². The van der Waals surface area contributed by atoms with Crippen LogP contribution < -0.4 is 9.64 Å². The van der Waals surface area contributed by atoms with Crippen LogP contribution in [0.1, 0.15) is 41.1 Å². The summed E-state index contributed by atoms with van der Waals surface area (Å²) < 4.78 is 11.9. The summed E-state index contributed by atoms with van der Waals surface area (Å²) in [5, 5.41) is 11.3. The molecule has 3 heterocycles. The largest absolute Gasteiger partial charge is 0.503 e. The fourth-order valence-electron chi connectivity index (χ4n) is 3.98. The summed E-state index contributed by atoms with van der Waals surface area (Å²) in [6, 6.07) is 15.2. The minimum absolute atomic E-state index is 0.0439. The molecule has 1 aliphatic heterocycles. The number of ketones is 1. The molecule has 2 aromatic carbocycles. The fourth-order valence-corrected chi connectivity index (χ4v) is 5.07. The van der Waals surface area contributed by atoms with E-state index in [9.17, 15) is 14.7 Å². The number of furan rings is 1. The molecular formula is C26H22N2O5S. The van der Waals surface area contributed by atoms with Gasteiger partial charge in [-0.1, -0.05) is 36.5 Å². The first-order chi connectivity index (χ1) is 16.5. The molecule has 0 saturated heterocycles. The van der Waals surface area contributed by atoms with E-state index in [0.29, 0.717) is 23.1 Å². The van der Waals surface area contributed by atoms with Crippen LogP contribution >= 0.6 is 11.3 Å². The summed E-state index contributed by atoms with van der Waals surface area (Å²) >= 11 is 1.34. The Morgan fingerprint density at radius 1 is 1.21 bits per heavy atom. The molecule has 4 aromatic rings. The summed E-state index contributed by atoms with van der Waals surface area (Å²) in [5.74, 6) is -1.10. The average Bonchev–Trinajstić information content (AvgIpc) is 3.56. The van der Waals surface area contributed by atoms with E-state index in [1.165, 1.54) is 28.6 Å². The lowest BCUT2D eigenvalue weighted by Crippen LogP contribution is -2.30. The number of fused-ring (bicyclic) bond motifs is 1. The molecule has 1 aliphatic rings. The van der Waals surface area contributed by atoms with Gasteiger partial charge in [0.05, 0.1) is 34.7 Å². The number of hydrogen-bond acceptors (Lipinski definition) is 7. The Balaban J connectivity index is 1.62. The van der Waals surface area contributed by atoms with E-state index < -0.39 is 23.5 Å². The van der Waals surface area contributed by atoms with Crippen LogP contribution in [0, 0.1) is 6.92 Å². The lowest BCUT2D eigenvalue weighted by Gasteiger charge is -2.24. The van der Waals surface area contributed by atoms with E-state index in [-0.39, 0.29) is 11.3 Å². The van der Waals surface area contributed by atoms with Crippen molar-refractivity contribution < 1.29 is 23.8 Å². The van der Waals surface area contributed by atoms with Crippen LogP contribution in [0.5, 0.6) is 5.75 Å². The molecular weight excluding hydrogens is 452 g/mol. The number of aromatic nitrogens is 1. The fraction of sp³-hybridized carbons (Fsp3) is 0.192. The third kappa shape index (κ3) is 3.76. The number of aliphatic hydroxyl groups is 1. The topological polar surface area (TPSA) is 92.9 Å². The molecule has 7 nitrogen and oxygen atoms in total. The van der Waals surface area contributed by atoms with E-state index in [4.69, 9.17) is 9.15 Å². The summed E-state index contributed by atoms with van der Waals surface area (Å²) in [4.78, 5) is 32.6. The monoisotopic (exact) mass is 474 g/mol. The van der Waals surface area contributed by atoms with Crippen molar-refractivity contribution in [2.24, 2.45) is 0 Å². The molecule has 0 radical (unpaired) electrons. The predicted molar refractivity (Wildman–Crippen MR) is 130 cm³/mol. The molecule has 0 saturated carbocycles. The number of rotatable bonds is 7. The Kier molecular flexibility index (Phi) is 5.67. The number of ether oxygens (including phenoxy) is 1. The second kappa shape index (κ2) is 8.79. The highest BCUT2D eigenvalue weighted by Gasteiger charge is 2.46. The van der Waals surface area contributed by atoms with E-state index in [1.54, 1.807) is 30.3 Å². The van der Waals surface area contributed by atoms with Gasteiger partial charge in [-0.05, 0) is 60.9 Å². The molecule has 0 aliphatic carbocycles. The first-order valence-corrected chi connectivity index (χ1v) is 11.7. The highest BCUT2D eigenvalue weighted by Crippen LogP contribution is 2.44.